The zero-order valence-corrected chi connectivity index (χ0v) is 9.32. The van der Waals surface area contributed by atoms with E-state index < -0.39 is 0 Å². The molecule has 0 radical (unpaired) electrons. The second-order valence-corrected chi connectivity index (χ2v) is 3.86. The van der Waals surface area contributed by atoms with Crippen molar-refractivity contribution in [2.75, 3.05) is 7.05 Å². The molecule has 0 aliphatic heterocycles. The van der Waals surface area contributed by atoms with Crippen LogP contribution in [0, 0.1) is 0 Å². The number of rotatable bonds is 4. The Hall–Kier alpha value is -0.980. The first-order valence-electron chi connectivity index (χ1n) is 5.52. The van der Waals surface area contributed by atoms with Gasteiger partial charge in [-0.25, -0.2) is 0 Å². The van der Waals surface area contributed by atoms with Crippen LogP contribution >= 0.6 is 0 Å². The summed E-state index contributed by atoms with van der Waals surface area (Å²) in [7, 11) is 2.18. The van der Waals surface area contributed by atoms with Gasteiger partial charge in [-0.15, -0.1) is 0 Å². The van der Waals surface area contributed by atoms with E-state index in [1.807, 2.05) is 19.1 Å². The van der Waals surface area contributed by atoms with Crippen molar-refractivity contribution in [3.05, 3.63) is 36.6 Å². The quantitative estimate of drug-likeness (QED) is 0.615. The molecular formula is C13H21N. The SMILES string of the molecule is C\C=C/C=C\C=C\N(C)C1CCCC1. The van der Waals surface area contributed by atoms with Gasteiger partial charge in [-0.05, 0) is 32.0 Å². The molecule has 14 heavy (non-hydrogen) atoms. The van der Waals surface area contributed by atoms with Gasteiger partial charge in [-0.2, -0.15) is 0 Å². The van der Waals surface area contributed by atoms with Gasteiger partial charge in [-0.3, -0.25) is 0 Å². The highest BCUT2D eigenvalue weighted by molar-refractivity contribution is 5.10. The van der Waals surface area contributed by atoms with E-state index >= 15 is 0 Å². The monoisotopic (exact) mass is 191 g/mol. The van der Waals surface area contributed by atoms with Gasteiger partial charge in [0, 0.05) is 13.1 Å². The molecule has 78 valence electrons. The molecule has 0 spiro atoms. The Labute approximate surface area is 87.8 Å². The third kappa shape index (κ3) is 3.82. The zero-order chi connectivity index (χ0) is 10.2. The summed E-state index contributed by atoms with van der Waals surface area (Å²) >= 11 is 0. The zero-order valence-electron chi connectivity index (χ0n) is 9.32. The molecule has 1 saturated carbocycles. The summed E-state index contributed by atoms with van der Waals surface area (Å²) in [6.45, 7) is 2.03. The van der Waals surface area contributed by atoms with Crippen LogP contribution in [0.1, 0.15) is 32.6 Å². The number of allylic oxidation sites excluding steroid dienone is 5. The van der Waals surface area contributed by atoms with Crippen LogP contribution in [0.3, 0.4) is 0 Å². The highest BCUT2D eigenvalue weighted by Crippen LogP contribution is 2.22. The molecule has 0 amide bonds. The van der Waals surface area contributed by atoms with Gasteiger partial charge in [0.25, 0.3) is 0 Å². The van der Waals surface area contributed by atoms with E-state index in [9.17, 15) is 0 Å². The molecule has 1 aliphatic carbocycles. The number of hydrogen-bond donors (Lipinski definition) is 0. The minimum absolute atomic E-state index is 0.779. The van der Waals surface area contributed by atoms with Gasteiger partial charge >= 0.3 is 0 Å². The summed E-state index contributed by atoms with van der Waals surface area (Å²) in [5.41, 5.74) is 0. The molecule has 0 heterocycles. The van der Waals surface area contributed by atoms with E-state index in [0.29, 0.717) is 0 Å². The van der Waals surface area contributed by atoms with Crippen LogP contribution < -0.4 is 0 Å². The molecule has 0 unspecified atom stereocenters. The maximum absolute atomic E-state index is 2.34. The van der Waals surface area contributed by atoms with Crippen LogP contribution in [0.25, 0.3) is 0 Å². The van der Waals surface area contributed by atoms with Gasteiger partial charge in [0.15, 0.2) is 0 Å². The van der Waals surface area contributed by atoms with Crippen molar-refractivity contribution >= 4 is 0 Å². The van der Waals surface area contributed by atoms with Crippen molar-refractivity contribution in [3.63, 3.8) is 0 Å². The molecule has 0 N–H and O–H groups in total. The van der Waals surface area contributed by atoms with E-state index in [1.165, 1.54) is 25.7 Å². The molecule has 0 saturated heterocycles. The van der Waals surface area contributed by atoms with Crippen LogP contribution in [0.4, 0.5) is 0 Å². The smallest absolute Gasteiger partial charge is 0.0281 e. The van der Waals surface area contributed by atoms with Crippen LogP contribution in [0.2, 0.25) is 0 Å². The predicted octanol–water partition coefficient (Wildman–Crippen LogP) is 3.51. The topological polar surface area (TPSA) is 3.24 Å². The first-order valence-corrected chi connectivity index (χ1v) is 5.52. The maximum atomic E-state index is 2.34. The molecule has 0 aromatic rings. The van der Waals surface area contributed by atoms with Gasteiger partial charge in [0.1, 0.15) is 0 Å². The largest absolute Gasteiger partial charge is 0.377 e. The lowest BCUT2D eigenvalue weighted by Crippen LogP contribution is -2.23. The average Bonchev–Trinajstić information content (AvgIpc) is 2.70. The van der Waals surface area contributed by atoms with Gasteiger partial charge in [0.05, 0.1) is 0 Å². The minimum atomic E-state index is 0.779. The summed E-state index contributed by atoms with van der Waals surface area (Å²) < 4.78 is 0. The fourth-order valence-corrected chi connectivity index (χ4v) is 1.86. The normalized spacial score (nSPS) is 19.3. The lowest BCUT2D eigenvalue weighted by Gasteiger charge is -2.21. The van der Waals surface area contributed by atoms with Gasteiger partial charge in [0.2, 0.25) is 0 Å². The maximum Gasteiger partial charge on any atom is 0.0281 e. The third-order valence-electron chi connectivity index (χ3n) is 2.75. The van der Waals surface area contributed by atoms with Crippen LogP contribution in [-0.4, -0.2) is 18.0 Å². The highest BCUT2D eigenvalue weighted by atomic mass is 15.1. The Balaban J connectivity index is 2.27. The Bertz CT molecular complexity index is 219. The lowest BCUT2D eigenvalue weighted by atomic mass is 10.2. The molecule has 0 aromatic carbocycles. The Morgan fingerprint density at radius 3 is 2.29 bits per heavy atom. The van der Waals surface area contributed by atoms with Crippen molar-refractivity contribution in [3.8, 4) is 0 Å². The summed E-state index contributed by atoms with van der Waals surface area (Å²) in [4.78, 5) is 2.34. The standard InChI is InChI=1S/C13H21N/c1-3-4-5-6-9-12-14(2)13-10-7-8-11-13/h3-6,9,12-13H,7-8,10-11H2,1-2H3/b4-3-,6-5-,12-9+. The van der Waals surface area contributed by atoms with Crippen molar-refractivity contribution in [1.29, 1.82) is 0 Å². The van der Waals surface area contributed by atoms with E-state index in [0.717, 1.165) is 6.04 Å². The lowest BCUT2D eigenvalue weighted by molar-refractivity contribution is 0.335. The summed E-state index contributed by atoms with van der Waals surface area (Å²) in [6, 6.07) is 0.779. The predicted molar refractivity (Wildman–Crippen MR) is 63.1 cm³/mol. The molecule has 0 atom stereocenters. The first kappa shape index (κ1) is 11.1. The third-order valence-corrected chi connectivity index (χ3v) is 2.75. The van der Waals surface area contributed by atoms with E-state index in [1.54, 1.807) is 0 Å². The summed E-state index contributed by atoms with van der Waals surface area (Å²) in [5, 5.41) is 0. The second kappa shape index (κ2) is 6.47. The van der Waals surface area contributed by atoms with Gasteiger partial charge in [-0.1, -0.05) is 37.1 Å². The second-order valence-electron chi connectivity index (χ2n) is 3.86. The molecule has 1 nitrogen and oxygen atoms in total. The Morgan fingerprint density at radius 2 is 1.64 bits per heavy atom. The highest BCUT2D eigenvalue weighted by Gasteiger charge is 2.16. The Morgan fingerprint density at radius 1 is 1.00 bits per heavy atom. The van der Waals surface area contributed by atoms with Gasteiger partial charge < -0.3 is 4.90 Å². The fraction of sp³-hybridized carbons (Fsp3) is 0.538. The molecule has 0 aromatic heterocycles. The number of hydrogen-bond acceptors (Lipinski definition) is 1. The molecule has 1 fully saturated rings. The minimum Gasteiger partial charge on any atom is -0.377 e. The van der Waals surface area contributed by atoms with Crippen molar-refractivity contribution < 1.29 is 0 Å². The molecular weight excluding hydrogens is 170 g/mol. The Kier molecular flexibility index (Phi) is 5.13. The number of nitrogens with zero attached hydrogens (tertiary/aromatic N) is 1. The van der Waals surface area contributed by atoms with E-state index in [2.05, 4.69) is 36.4 Å². The fourth-order valence-electron chi connectivity index (χ4n) is 1.86. The van der Waals surface area contributed by atoms with Crippen LogP contribution in [-0.2, 0) is 0 Å². The van der Waals surface area contributed by atoms with Crippen LogP contribution in [0.15, 0.2) is 36.6 Å². The van der Waals surface area contributed by atoms with Crippen molar-refractivity contribution in [2.45, 2.75) is 38.6 Å². The van der Waals surface area contributed by atoms with E-state index in [-0.39, 0.29) is 0 Å². The van der Waals surface area contributed by atoms with E-state index in [4.69, 9.17) is 0 Å². The first-order chi connectivity index (χ1) is 6.84. The molecule has 0 bridgehead atoms. The average molecular weight is 191 g/mol. The molecule has 1 aliphatic rings. The van der Waals surface area contributed by atoms with Crippen molar-refractivity contribution in [1.82, 2.24) is 4.90 Å². The van der Waals surface area contributed by atoms with Crippen LogP contribution in [0.5, 0.6) is 0 Å². The molecule has 1 heteroatoms. The molecule has 1 rings (SSSR count). The summed E-state index contributed by atoms with van der Waals surface area (Å²) in [5.74, 6) is 0. The summed E-state index contributed by atoms with van der Waals surface area (Å²) in [6.07, 6.45) is 18.0. The van der Waals surface area contributed by atoms with Crippen molar-refractivity contribution in [2.24, 2.45) is 0 Å².